The van der Waals surface area contributed by atoms with E-state index in [9.17, 15) is 5.21 Å². The van der Waals surface area contributed by atoms with Gasteiger partial charge in [-0.25, -0.2) is 0 Å². The van der Waals surface area contributed by atoms with E-state index >= 15 is 0 Å². The van der Waals surface area contributed by atoms with Gasteiger partial charge < -0.3 is 9.73 Å². The molecule has 0 amide bonds. The number of hydrogen-bond acceptors (Lipinski definition) is 5. The number of rotatable bonds is 6. The van der Waals surface area contributed by atoms with Crippen molar-refractivity contribution in [3.8, 4) is 0 Å². The first-order valence-corrected chi connectivity index (χ1v) is 8.54. The Balaban J connectivity index is 2.14. The molecule has 0 radical (unpaired) electrons. The van der Waals surface area contributed by atoms with Crippen LogP contribution < -0.4 is 0 Å². The molecule has 1 aromatic heterocycles. The van der Waals surface area contributed by atoms with E-state index in [1.54, 1.807) is 0 Å². The second kappa shape index (κ2) is 7.16. The normalized spacial score (nSPS) is 21.9. The molecule has 2 atom stereocenters. The van der Waals surface area contributed by atoms with E-state index < -0.39 is 0 Å². The summed E-state index contributed by atoms with van der Waals surface area (Å²) in [5.41, 5.74) is 2.68. The third-order valence-corrected chi connectivity index (χ3v) is 4.90. The highest BCUT2D eigenvalue weighted by atomic mass is 32.2. The molecule has 20 heavy (non-hydrogen) atoms. The second-order valence-electron chi connectivity index (χ2n) is 5.50. The average molecular weight is 296 g/mol. The zero-order chi connectivity index (χ0) is 14.5. The van der Waals surface area contributed by atoms with Crippen molar-refractivity contribution in [2.24, 2.45) is 11.1 Å². The average Bonchev–Trinajstić information content (AvgIpc) is 2.82. The van der Waals surface area contributed by atoms with Crippen LogP contribution in [-0.4, -0.2) is 27.1 Å². The summed E-state index contributed by atoms with van der Waals surface area (Å²) in [6.45, 7) is 6.57. The second-order valence-corrected chi connectivity index (χ2v) is 7.22. The number of hydrogen-bond donors (Lipinski definition) is 1. The van der Waals surface area contributed by atoms with Crippen LogP contribution >= 0.6 is 11.8 Å². The Hall–Kier alpha value is -0.970. The van der Waals surface area contributed by atoms with Crippen LogP contribution in [0.4, 0.5) is 0 Å². The van der Waals surface area contributed by atoms with Gasteiger partial charge in [-0.3, -0.25) is 0 Å². The summed E-state index contributed by atoms with van der Waals surface area (Å²) >= 11 is 1.98. The fourth-order valence-electron chi connectivity index (χ4n) is 3.03. The first kappa shape index (κ1) is 15.4. The largest absolute Gasteiger partial charge is 0.411 e. The van der Waals surface area contributed by atoms with Gasteiger partial charge in [0.05, 0.1) is 17.0 Å². The van der Waals surface area contributed by atoms with Crippen LogP contribution in [-0.2, 0) is 12.8 Å². The third kappa shape index (κ3) is 3.37. The van der Waals surface area contributed by atoms with Gasteiger partial charge in [0.2, 0.25) is 0 Å². The highest BCUT2D eigenvalue weighted by Gasteiger charge is 2.31. The molecule has 1 aliphatic rings. The number of aryl methyl sites for hydroxylation is 1. The summed E-state index contributed by atoms with van der Waals surface area (Å²) in [6, 6.07) is 0. The molecule has 0 saturated heterocycles. The summed E-state index contributed by atoms with van der Waals surface area (Å²) in [4.78, 5) is 0. The number of oxime groups is 1. The minimum atomic E-state index is 0.491. The molecule has 0 spiro atoms. The van der Waals surface area contributed by atoms with Crippen molar-refractivity contribution in [2.45, 2.75) is 58.1 Å². The molecule has 2 rings (SSSR count). The van der Waals surface area contributed by atoms with Crippen molar-refractivity contribution in [1.82, 2.24) is 5.16 Å². The van der Waals surface area contributed by atoms with Crippen molar-refractivity contribution in [3.63, 3.8) is 0 Å². The molecule has 0 aliphatic heterocycles. The van der Waals surface area contributed by atoms with Gasteiger partial charge in [0.25, 0.3) is 0 Å². The first-order valence-electron chi connectivity index (χ1n) is 7.49. The van der Waals surface area contributed by atoms with E-state index in [-0.39, 0.29) is 0 Å². The highest BCUT2D eigenvalue weighted by molar-refractivity contribution is 7.99. The van der Waals surface area contributed by atoms with Gasteiger partial charge in [-0.1, -0.05) is 37.5 Å². The standard InChI is InChI=1S/C15H24N2O2S/c1-4-6-12-15-13(16-18)8-11(7-10(3)20-5-2)9-14(15)19-17-12/h10-11,18H,4-9H2,1-3H3/b16-13-/t10-,11+/m0/s1. The van der Waals surface area contributed by atoms with E-state index in [2.05, 4.69) is 31.1 Å². The molecule has 0 aromatic carbocycles. The predicted octanol–water partition coefficient (Wildman–Crippen LogP) is 3.90. The summed E-state index contributed by atoms with van der Waals surface area (Å²) < 4.78 is 5.49. The molecular weight excluding hydrogens is 272 g/mol. The Kier molecular flexibility index (Phi) is 5.52. The lowest BCUT2D eigenvalue weighted by Crippen LogP contribution is -2.23. The number of fused-ring (bicyclic) bond motifs is 1. The van der Waals surface area contributed by atoms with Gasteiger partial charge in [0, 0.05) is 11.7 Å². The van der Waals surface area contributed by atoms with Gasteiger partial charge in [-0.15, -0.1) is 0 Å². The Morgan fingerprint density at radius 2 is 2.25 bits per heavy atom. The maximum Gasteiger partial charge on any atom is 0.146 e. The monoisotopic (exact) mass is 296 g/mol. The maximum absolute atomic E-state index is 9.32. The molecule has 4 nitrogen and oxygen atoms in total. The van der Waals surface area contributed by atoms with Gasteiger partial charge in [0.1, 0.15) is 5.76 Å². The van der Waals surface area contributed by atoms with Crippen LogP contribution in [0.1, 0.15) is 57.1 Å². The van der Waals surface area contributed by atoms with E-state index in [1.165, 1.54) is 0 Å². The minimum Gasteiger partial charge on any atom is -0.411 e. The molecular formula is C15H24N2O2S. The van der Waals surface area contributed by atoms with E-state index in [4.69, 9.17) is 4.52 Å². The Morgan fingerprint density at radius 1 is 1.45 bits per heavy atom. The predicted molar refractivity (Wildman–Crippen MR) is 82.8 cm³/mol. The van der Waals surface area contributed by atoms with Crippen LogP contribution in [0.15, 0.2) is 9.68 Å². The van der Waals surface area contributed by atoms with Crippen LogP contribution in [0.5, 0.6) is 0 Å². The molecule has 0 fully saturated rings. The van der Waals surface area contributed by atoms with Crippen LogP contribution in [0, 0.1) is 5.92 Å². The summed E-state index contributed by atoms with van der Waals surface area (Å²) in [5, 5.41) is 17.6. The van der Waals surface area contributed by atoms with Gasteiger partial charge in [-0.05, 0) is 30.9 Å². The van der Waals surface area contributed by atoms with Crippen molar-refractivity contribution < 1.29 is 9.73 Å². The number of thioether (sulfide) groups is 1. The van der Waals surface area contributed by atoms with Gasteiger partial charge in [-0.2, -0.15) is 11.8 Å². The summed E-state index contributed by atoms with van der Waals surface area (Å²) in [7, 11) is 0. The Labute approximate surface area is 125 Å². The number of nitrogens with zero attached hydrogens (tertiary/aromatic N) is 2. The van der Waals surface area contributed by atoms with E-state index in [0.717, 1.165) is 60.6 Å². The van der Waals surface area contributed by atoms with Crippen LogP contribution in [0.2, 0.25) is 0 Å². The molecule has 0 unspecified atom stereocenters. The zero-order valence-corrected chi connectivity index (χ0v) is 13.4. The minimum absolute atomic E-state index is 0.491. The summed E-state index contributed by atoms with van der Waals surface area (Å²) in [5.74, 6) is 2.54. The topological polar surface area (TPSA) is 58.6 Å². The van der Waals surface area contributed by atoms with Crippen molar-refractivity contribution >= 4 is 17.5 Å². The molecule has 1 aliphatic carbocycles. The lowest BCUT2D eigenvalue weighted by atomic mass is 9.83. The van der Waals surface area contributed by atoms with Crippen molar-refractivity contribution in [3.05, 3.63) is 17.0 Å². The fraction of sp³-hybridized carbons (Fsp3) is 0.733. The van der Waals surface area contributed by atoms with Gasteiger partial charge in [0.15, 0.2) is 0 Å². The molecule has 0 bridgehead atoms. The maximum atomic E-state index is 9.32. The van der Waals surface area contributed by atoms with Gasteiger partial charge >= 0.3 is 0 Å². The Bertz CT molecular complexity index is 470. The molecule has 112 valence electrons. The molecule has 5 heteroatoms. The lowest BCUT2D eigenvalue weighted by Gasteiger charge is -2.24. The molecule has 1 aromatic rings. The molecule has 1 N–H and O–H groups in total. The van der Waals surface area contributed by atoms with Crippen molar-refractivity contribution in [2.75, 3.05) is 5.75 Å². The lowest BCUT2D eigenvalue weighted by molar-refractivity contribution is 0.310. The number of aromatic nitrogens is 1. The smallest absolute Gasteiger partial charge is 0.146 e. The molecule has 0 saturated carbocycles. The van der Waals surface area contributed by atoms with Crippen LogP contribution in [0.3, 0.4) is 0 Å². The van der Waals surface area contributed by atoms with E-state index in [0.29, 0.717) is 11.2 Å². The summed E-state index contributed by atoms with van der Waals surface area (Å²) in [6.07, 6.45) is 4.77. The van der Waals surface area contributed by atoms with Crippen molar-refractivity contribution in [1.29, 1.82) is 0 Å². The third-order valence-electron chi connectivity index (χ3n) is 3.80. The van der Waals surface area contributed by atoms with E-state index in [1.807, 2.05) is 11.8 Å². The zero-order valence-electron chi connectivity index (χ0n) is 12.6. The fourth-order valence-corrected chi connectivity index (χ4v) is 4.00. The highest BCUT2D eigenvalue weighted by Crippen LogP contribution is 2.33. The SMILES string of the molecule is CCCc1noc2c1/C(=N\O)C[C@@H](C[C@H](C)SCC)C2. The first-order chi connectivity index (χ1) is 9.69. The quantitative estimate of drug-likeness (QED) is 0.639. The Morgan fingerprint density at radius 3 is 2.90 bits per heavy atom. The molecule has 1 heterocycles. The van der Waals surface area contributed by atoms with Crippen LogP contribution in [0.25, 0.3) is 0 Å².